The van der Waals surface area contributed by atoms with Gasteiger partial charge in [-0.2, -0.15) is 11.8 Å². The van der Waals surface area contributed by atoms with Crippen LogP contribution in [-0.4, -0.2) is 24.1 Å². The maximum atomic E-state index is 3.67. The van der Waals surface area contributed by atoms with Crippen LogP contribution in [0, 0.1) is 5.92 Å². The number of nitrogens with one attached hydrogen (secondary N) is 1. The lowest BCUT2D eigenvalue weighted by atomic mass is 10.2. The van der Waals surface area contributed by atoms with Gasteiger partial charge in [0, 0.05) is 6.04 Å². The van der Waals surface area contributed by atoms with E-state index in [0.29, 0.717) is 0 Å². The van der Waals surface area contributed by atoms with E-state index >= 15 is 0 Å². The van der Waals surface area contributed by atoms with Crippen molar-refractivity contribution >= 4 is 11.8 Å². The van der Waals surface area contributed by atoms with E-state index in [4.69, 9.17) is 0 Å². The molecule has 0 aromatic carbocycles. The van der Waals surface area contributed by atoms with Crippen molar-refractivity contribution in [3.8, 4) is 0 Å². The van der Waals surface area contributed by atoms with Crippen LogP contribution in [0.5, 0.6) is 0 Å². The third-order valence-electron chi connectivity index (χ3n) is 3.09. The first-order valence-corrected chi connectivity index (χ1v) is 7.75. The second kappa shape index (κ2) is 8.46. The molecule has 1 saturated carbocycles. The molecule has 0 aromatic rings. The number of rotatable bonds is 8. The molecular weight excluding hydrogens is 202 g/mol. The molecule has 1 rings (SSSR count). The standard InChI is InChI=1S/C13H27NS/c1-12(2)8-11-15-10-5-9-14-13-6-3-4-7-13/h12-14H,3-11H2,1-2H3. The van der Waals surface area contributed by atoms with Crippen LogP contribution in [0.2, 0.25) is 0 Å². The van der Waals surface area contributed by atoms with Crippen molar-refractivity contribution in [3.63, 3.8) is 0 Å². The summed E-state index contributed by atoms with van der Waals surface area (Å²) in [5, 5.41) is 3.67. The predicted octanol–water partition coefficient (Wildman–Crippen LogP) is 3.69. The van der Waals surface area contributed by atoms with Crippen molar-refractivity contribution < 1.29 is 0 Å². The molecule has 0 amide bonds. The van der Waals surface area contributed by atoms with Crippen molar-refractivity contribution in [2.75, 3.05) is 18.1 Å². The Kier molecular flexibility index (Phi) is 7.54. The lowest BCUT2D eigenvalue weighted by Crippen LogP contribution is -2.27. The first-order valence-electron chi connectivity index (χ1n) is 6.60. The normalized spacial score (nSPS) is 17.8. The van der Waals surface area contributed by atoms with Crippen LogP contribution in [0.15, 0.2) is 0 Å². The first-order chi connectivity index (χ1) is 7.29. The third kappa shape index (κ3) is 7.24. The maximum absolute atomic E-state index is 3.67. The van der Waals surface area contributed by atoms with E-state index in [1.54, 1.807) is 0 Å². The molecule has 1 fully saturated rings. The van der Waals surface area contributed by atoms with Gasteiger partial charge < -0.3 is 5.32 Å². The Balaban J connectivity index is 1.76. The molecule has 0 radical (unpaired) electrons. The summed E-state index contributed by atoms with van der Waals surface area (Å²) in [5.41, 5.74) is 0. The highest BCUT2D eigenvalue weighted by atomic mass is 32.2. The molecule has 1 N–H and O–H groups in total. The van der Waals surface area contributed by atoms with Gasteiger partial charge in [0.05, 0.1) is 0 Å². The molecule has 1 nitrogen and oxygen atoms in total. The van der Waals surface area contributed by atoms with Crippen LogP contribution < -0.4 is 5.32 Å². The molecule has 0 aromatic heterocycles. The third-order valence-corrected chi connectivity index (χ3v) is 4.19. The average Bonchev–Trinajstić information content (AvgIpc) is 2.68. The molecule has 1 aliphatic carbocycles. The molecule has 0 spiro atoms. The highest BCUT2D eigenvalue weighted by Gasteiger charge is 2.12. The summed E-state index contributed by atoms with van der Waals surface area (Å²) >= 11 is 2.12. The van der Waals surface area contributed by atoms with E-state index in [1.807, 2.05) is 0 Å². The van der Waals surface area contributed by atoms with E-state index in [1.165, 1.54) is 56.6 Å². The number of thioether (sulfide) groups is 1. The number of hydrogen-bond donors (Lipinski definition) is 1. The molecule has 0 bridgehead atoms. The largest absolute Gasteiger partial charge is 0.314 e. The Morgan fingerprint density at radius 2 is 1.93 bits per heavy atom. The molecule has 1 aliphatic rings. The van der Waals surface area contributed by atoms with E-state index in [-0.39, 0.29) is 0 Å². The highest BCUT2D eigenvalue weighted by molar-refractivity contribution is 7.99. The quantitative estimate of drug-likeness (QED) is 0.637. The summed E-state index contributed by atoms with van der Waals surface area (Å²) in [4.78, 5) is 0. The van der Waals surface area contributed by atoms with Crippen LogP contribution in [0.3, 0.4) is 0 Å². The fourth-order valence-corrected chi connectivity index (χ4v) is 3.22. The van der Waals surface area contributed by atoms with E-state index in [9.17, 15) is 0 Å². The van der Waals surface area contributed by atoms with Crippen molar-refractivity contribution in [2.24, 2.45) is 5.92 Å². The molecule has 0 unspecified atom stereocenters. The zero-order chi connectivity index (χ0) is 10.9. The molecule has 2 heteroatoms. The van der Waals surface area contributed by atoms with Gasteiger partial charge in [-0.05, 0) is 49.7 Å². The second-order valence-corrected chi connectivity index (χ2v) is 6.31. The first kappa shape index (κ1) is 13.4. The Morgan fingerprint density at radius 3 is 2.60 bits per heavy atom. The Bertz CT molecular complexity index is 141. The van der Waals surface area contributed by atoms with Gasteiger partial charge in [-0.3, -0.25) is 0 Å². The molecule has 0 heterocycles. The minimum Gasteiger partial charge on any atom is -0.314 e. The summed E-state index contributed by atoms with van der Waals surface area (Å²) in [6.07, 6.45) is 8.45. The average molecular weight is 229 g/mol. The predicted molar refractivity (Wildman–Crippen MR) is 71.7 cm³/mol. The topological polar surface area (TPSA) is 12.0 Å². The molecule has 0 atom stereocenters. The van der Waals surface area contributed by atoms with Crippen molar-refractivity contribution in [1.82, 2.24) is 5.32 Å². The van der Waals surface area contributed by atoms with Gasteiger partial charge in [-0.15, -0.1) is 0 Å². The summed E-state index contributed by atoms with van der Waals surface area (Å²) in [6.45, 7) is 5.85. The van der Waals surface area contributed by atoms with Crippen LogP contribution >= 0.6 is 11.8 Å². The van der Waals surface area contributed by atoms with Crippen LogP contribution in [0.1, 0.15) is 52.4 Å². The summed E-state index contributed by atoms with van der Waals surface area (Å²) in [6, 6.07) is 0.852. The fourth-order valence-electron chi connectivity index (χ4n) is 2.03. The Labute approximate surface area is 99.8 Å². The monoisotopic (exact) mass is 229 g/mol. The molecule has 0 saturated heterocycles. The van der Waals surface area contributed by atoms with Crippen molar-refractivity contribution in [2.45, 2.75) is 58.4 Å². The Morgan fingerprint density at radius 1 is 1.20 bits per heavy atom. The lowest BCUT2D eigenvalue weighted by molar-refractivity contribution is 0.524. The Hall–Kier alpha value is 0.310. The minimum absolute atomic E-state index is 0.852. The summed E-state index contributed by atoms with van der Waals surface area (Å²) in [5.74, 6) is 3.56. The molecule has 15 heavy (non-hydrogen) atoms. The lowest BCUT2D eigenvalue weighted by Gasteiger charge is -2.11. The molecule has 90 valence electrons. The van der Waals surface area contributed by atoms with Gasteiger partial charge in [-0.1, -0.05) is 26.7 Å². The van der Waals surface area contributed by atoms with Crippen LogP contribution in [-0.2, 0) is 0 Å². The number of hydrogen-bond acceptors (Lipinski definition) is 2. The van der Waals surface area contributed by atoms with E-state index < -0.39 is 0 Å². The maximum Gasteiger partial charge on any atom is 0.00670 e. The SMILES string of the molecule is CC(C)CCSCCCNC1CCCC1. The van der Waals surface area contributed by atoms with Gasteiger partial charge in [0.15, 0.2) is 0 Å². The summed E-state index contributed by atoms with van der Waals surface area (Å²) < 4.78 is 0. The van der Waals surface area contributed by atoms with Gasteiger partial charge in [-0.25, -0.2) is 0 Å². The smallest absolute Gasteiger partial charge is 0.00670 e. The van der Waals surface area contributed by atoms with E-state index in [2.05, 4.69) is 30.9 Å². The minimum atomic E-state index is 0.852. The molecular formula is C13H27NS. The fraction of sp³-hybridized carbons (Fsp3) is 1.00. The van der Waals surface area contributed by atoms with Gasteiger partial charge in [0.2, 0.25) is 0 Å². The molecule has 0 aliphatic heterocycles. The van der Waals surface area contributed by atoms with Gasteiger partial charge in [0.1, 0.15) is 0 Å². The van der Waals surface area contributed by atoms with Gasteiger partial charge in [0.25, 0.3) is 0 Å². The van der Waals surface area contributed by atoms with Crippen LogP contribution in [0.25, 0.3) is 0 Å². The van der Waals surface area contributed by atoms with Crippen molar-refractivity contribution in [3.05, 3.63) is 0 Å². The zero-order valence-corrected chi connectivity index (χ0v) is 11.2. The van der Waals surface area contributed by atoms with Crippen molar-refractivity contribution in [1.29, 1.82) is 0 Å². The zero-order valence-electron chi connectivity index (χ0n) is 10.4. The highest BCUT2D eigenvalue weighted by Crippen LogP contribution is 2.17. The van der Waals surface area contributed by atoms with E-state index in [0.717, 1.165) is 12.0 Å². The second-order valence-electron chi connectivity index (χ2n) is 5.08. The summed E-state index contributed by atoms with van der Waals surface area (Å²) in [7, 11) is 0. The van der Waals surface area contributed by atoms with Crippen LogP contribution in [0.4, 0.5) is 0 Å². The van der Waals surface area contributed by atoms with Gasteiger partial charge >= 0.3 is 0 Å².